The number of esters is 1. The van der Waals surface area contributed by atoms with Gasteiger partial charge in [0.05, 0.1) is 18.0 Å². The molecule has 0 bridgehead atoms. The predicted molar refractivity (Wildman–Crippen MR) is 83.5 cm³/mol. The molecule has 1 amide bonds. The number of hydrogen-bond donors (Lipinski definition) is 1. The Kier molecular flexibility index (Phi) is 4.24. The molecule has 0 saturated carbocycles. The number of fused-ring (bicyclic) bond motifs is 1. The number of nitrogens with one attached hydrogen (secondary N) is 1. The molecule has 2 aromatic heterocycles. The predicted octanol–water partition coefficient (Wildman–Crippen LogP) is 2.94. The minimum Gasteiger partial charge on any atom is -0.466 e. The standard InChI is InChI=1S/C15H17BrN2O4/c1-2-21-15(20)9-3-5-18(6-4-9)14(19)11-7-12-10(17-11)8-13(16)22-12/h7-9,17H,2-6H2,1H3. The number of piperidine rings is 1. The van der Waals surface area contributed by atoms with Gasteiger partial charge in [0, 0.05) is 25.2 Å². The molecule has 1 N–H and O–H groups in total. The van der Waals surface area contributed by atoms with Gasteiger partial charge < -0.3 is 19.0 Å². The molecule has 3 rings (SSSR count). The number of likely N-dealkylation sites (tertiary alicyclic amines) is 1. The van der Waals surface area contributed by atoms with E-state index in [4.69, 9.17) is 9.15 Å². The Balaban J connectivity index is 1.64. The molecule has 22 heavy (non-hydrogen) atoms. The lowest BCUT2D eigenvalue weighted by Gasteiger charge is -2.30. The van der Waals surface area contributed by atoms with E-state index in [-0.39, 0.29) is 17.8 Å². The minimum atomic E-state index is -0.156. The average Bonchev–Trinajstić information content (AvgIpc) is 3.04. The monoisotopic (exact) mass is 368 g/mol. The molecule has 7 heteroatoms. The highest BCUT2D eigenvalue weighted by molar-refractivity contribution is 9.10. The Labute approximate surface area is 135 Å². The van der Waals surface area contributed by atoms with E-state index in [0.717, 1.165) is 5.52 Å². The number of H-pyrrole nitrogens is 1. The van der Waals surface area contributed by atoms with Crippen LogP contribution in [0.4, 0.5) is 0 Å². The summed E-state index contributed by atoms with van der Waals surface area (Å²) in [6.07, 6.45) is 1.29. The number of carbonyl (C=O) groups excluding carboxylic acids is 2. The van der Waals surface area contributed by atoms with Crippen molar-refractivity contribution in [3.8, 4) is 0 Å². The van der Waals surface area contributed by atoms with Crippen molar-refractivity contribution in [3.63, 3.8) is 0 Å². The van der Waals surface area contributed by atoms with Gasteiger partial charge in [-0.25, -0.2) is 0 Å². The highest BCUT2D eigenvalue weighted by Crippen LogP contribution is 2.25. The Morgan fingerprint density at radius 3 is 2.77 bits per heavy atom. The Hall–Kier alpha value is -1.76. The summed E-state index contributed by atoms with van der Waals surface area (Å²) in [7, 11) is 0. The van der Waals surface area contributed by atoms with Crippen molar-refractivity contribution in [2.75, 3.05) is 19.7 Å². The molecule has 0 spiro atoms. The van der Waals surface area contributed by atoms with Gasteiger partial charge in [0.1, 0.15) is 5.69 Å². The van der Waals surface area contributed by atoms with E-state index in [1.54, 1.807) is 24.0 Å². The second-order valence-corrected chi connectivity index (χ2v) is 6.11. The molecule has 1 saturated heterocycles. The summed E-state index contributed by atoms with van der Waals surface area (Å²) in [6.45, 7) is 3.32. The van der Waals surface area contributed by atoms with Crippen molar-refractivity contribution in [2.45, 2.75) is 19.8 Å². The molecule has 3 heterocycles. The number of carbonyl (C=O) groups is 2. The van der Waals surface area contributed by atoms with E-state index >= 15 is 0 Å². The second kappa shape index (κ2) is 6.16. The number of ether oxygens (including phenoxy) is 1. The first kappa shape index (κ1) is 15.1. The van der Waals surface area contributed by atoms with Gasteiger partial charge in [0.15, 0.2) is 10.3 Å². The summed E-state index contributed by atoms with van der Waals surface area (Å²) in [6, 6.07) is 3.50. The molecular weight excluding hydrogens is 352 g/mol. The van der Waals surface area contributed by atoms with Crippen LogP contribution in [0.2, 0.25) is 0 Å². The first-order valence-electron chi connectivity index (χ1n) is 7.32. The maximum Gasteiger partial charge on any atom is 0.309 e. The van der Waals surface area contributed by atoms with Crippen LogP contribution in [0.15, 0.2) is 21.2 Å². The van der Waals surface area contributed by atoms with Crippen LogP contribution in [-0.2, 0) is 9.53 Å². The van der Waals surface area contributed by atoms with Crippen molar-refractivity contribution < 1.29 is 18.7 Å². The smallest absolute Gasteiger partial charge is 0.309 e. The van der Waals surface area contributed by atoms with Crippen LogP contribution in [-0.4, -0.2) is 41.5 Å². The number of nitrogens with zero attached hydrogens (tertiary/aromatic N) is 1. The third-order valence-electron chi connectivity index (χ3n) is 3.91. The Morgan fingerprint density at radius 2 is 2.14 bits per heavy atom. The summed E-state index contributed by atoms with van der Waals surface area (Å²) in [4.78, 5) is 29.0. The largest absolute Gasteiger partial charge is 0.466 e. The SMILES string of the molecule is CCOC(=O)C1CCN(C(=O)c2cc3oc(Br)cc3[nH]2)CC1. The average molecular weight is 369 g/mol. The van der Waals surface area contributed by atoms with Crippen molar-refractivity contribution >= 4 is 38.9 Å². The van der Waals surface area contributed by atoms with Gasteiger partial charge in [-0.3, -0.25) is 9.59 Å². The third kappa shape index (κ3) is 2.90. The topological polar surface area (TPSA) is 75.5 Å². The molecule has 0 atom stereocenters. The molecule has 1 aliphatic rings. The molecule has 0 aromatic carbocycles. The fourth-order valence-electron chi connectivity index (χ4n) is 2.76. The molecule has 0 unspecified atom stereocenters. The zero-order valence-electron chi connectivity index (χ0n) is 12.2. The summed E-state index contributed by atoms with van der Waals surface area (Å²) < 4.78 is 11.1. The fourth-order valence-corrected chi connectivity index (χ4v) is 3.16. The quantitative estimate of drug-likeness (QED) is 0.845. The van der Waals surface area contributed by atoms with E-state index in [1.165, 1.54) is 0 Å². The van der Waals surface area contributed by atoms with Crippen LogP contribution in [0.1, 0.15) is 30.3 Å². The lowest BCUT2D eigenvalue weighted by Crippen LogP contribution is -2.40. The van der Waals surface area contributed by atoms with Crippen molar-refractivity contribution in [2.24, 2.45) is 5.92 Å². The number of aromatic amines is 1. The molecule has 118 valence electrons. The van der Waals surface area contributed by atoms with Gasteiger partial charge in [-0.1, -0.05) is 0 Å². The number of aromatic nitrogens is 1. The lowest BCUT2D eigenvalue weighted by atomic mass is 9.97. The zero-order valence-corrected chi connectivity index (χ0v) is 13.8. The third-order valence-corrected chi connectivity index (χ3v) is 4.30. The number of furan rings is 1. The van der Waals surface area contributed by atoms with Crippen LogP contribution in [0, 0.1) is 5.92 Å². The number of rotatable bonds is 3. The van der Waals surface area contributed by atoms with E-state index in [9.17, 15) is 9.59 Å². The molecule has 1 aliphatic heterocycles. The summed E-state index contributed by atoms with van der Waals surface area (Å²) >= 11 is 3.25. The molecule has 0 radical (unpaired) electrons. The second-order valence-electron chi connectivity index (χ2n) is 5.33. The lowest BCUT2D eigenvalue weighted by molar-refractivity contribution is -0.149. The molecule has 0 aliphatic carbocycles. The highest BCUT2D eigenvalue weighted by Gasteiger charge is 2.29. The normalized spacial score (nSPS) is 16.2. The molecular formula is C15H17BrN2O4. The minimum absolute atomic E-state index is 0.0650. The summed E-state index contributed by atoms with van der Waals surface area (Å²) in [5.41, 5.74) is 1.95. The fraction of sp³-hybridized carbons (Fsp3) is 0.467. The summed E-state index contributed by atoms with van der Waals surface area (Å²) in [5.74, 6) is -0.318. The van der Waals surface area contributed by atoms with Gasteiger partial charge in [0.25, 0.3) is 5.91 Å². The van der Waals surface area contributed by atoms with Crippen LogP contribution in [0.5, 0.6) is 0 Å². The van der Waals surface area contributed by atoms with E-state index < -0.39 is 0 Å². The van der Waals surface area contributed by atoms with Crippen LogP contribution in [0.3, 0.4) is 0 Å². The van der Waals surface area contributed by atoms with Crippen LogP contribution in [0.25, 0.3) is 11.1 Å². The molecule has 6 nitrogen and oxygen atoms in total. The Bertz CT molecular complexity index is 666. The van der Waals surface area contributed by atoms with Gasteiger partial charge in [-0.2, -0.15) is 0 Å². The maximum atomic E-state index is 12.5. The first-order valence-corrected chi connectivity index (χ1v) is 8.11. The highest BCUT2D eigenvalue weighted by atomic mass is 79.9. The van der Waals surface area contributed by atoms with Crippen molar-refractivity contribution in [1.29, 1.82) is 0 Å². The van der Waals surface area contributed by atoms with Gasteiger partial charge in [0.2, 0.25) is 0 Å². The maximum absolute atomic E-state index is 12.5. The van der Waals surface area contributed by atoms with Gasteiger partial charge in [-0.15, -0.1) is 0 Å². The summed E-state index contributed by atoms with van der Waals surface area (Å²) in [5, 5.41) is 0. The van der Waals surface area contributed by atoms with Crippen LogP contribution < -0.4 is 0 Å². The molecule has 1 fully saturated rings. The first-order chi connectivity index (χ1) is 10.6. The molecule has 2 aromatic rings. The number of halogens is 1. The van der Waals surface area contributed by atoms with Crippen molar-refractivity contribution in [3.05, 3.63) is 22.5 Å². The number of hydrogen-bond acceptors (Lipinski definition) is 4. The van der Waals surface area contributed by atoms with Crippen LogP contribution >= 0.6 is 15.9 Å². The van der Waals surface area contributed by atoms with Gasteiger partial charge >= 0.3 is 5.97 Å². The van der Waals surface area contributed by atoms with E-state index in [0.29, 0.717) is 48.5 Å². The number of amides is 1. The zero-order chi connectivity index (χ0) is 15.7. The van der Waals surface area contributed by atoms with Gasteiger partial charge in [-0.05, 0) is 35.7 Å². The van der Waals surface area contributed by atoms with E-state index in [1.807, 2.05) is 0 Å². The van der Waals surface area contributed by atoms with Crippen molar-refractivity contribution in [1.82, 2.24) is 9.88 Å². The Morgan fingerprint density at radius 1 is 1.41 bits per heavy atom. The van der Waals surface area contributed by atoms with E-state index in [2.05, 4.69) is 20.9 Å².